The van der Waals surface area contributed by atoms with E-state index in [-0.39, 0.29) is 5.69 Å². The van der Waals surface area contributed by atoms with E-state index < -0.39 is 11.7 Å². The lowest BCUT2D eigenvalue weighted by molar-refractivity contribution is 0.101. The highest BCUT2D eigenvalue weighted by atomic mass is 19.1. The maximum atomic E-state index is 14.0. The first kappa shape index (κ1) is 16.4. The van der Waals surface area contributed by atoms with Gasteiger partial charge in [0, 0.05) is 13.1 Å². The SMILES string of the molecule is Cc1cc(C(=O)Nc2cc(Oc3ccc(N)nc3)ccc2F)n(C)n1. The topological polar surface area (TPSA) is 95.1 Å². The van der Waals surface area contributed by atoms with E-state index in [0.717, 1.165) is 0 Å². The minimum absolute atomic E-state index is 0.00440. The number of carbonyl (C=O) groups is 1. The van der Waals surface area contributed by atoms with Gasteiger partial charge in [0.1, 0.15) is 28.8 Å². The third kappa shape index (κ3) is 3.74. The first-order chi connectivity index (χ1) is 11.9. The molecule has 0 radical (unpaired) electrons. The number of aromatic nitrogens is 3. The first-order valence-corrected chi connectivity index (χ1v) is 7.43. The Hall–Kier alpha value is -3.42. The Morgan fingerprint density at radius 3 is 2.64 bits per heavy atom. The number of anilines is 2. The number of hydrogen-bond acceptors (Lipinski definition) is 5. The number of amides is 1. The molecule has 3 rings (SSSR count). The van der Waals surface area contributed by atoms with Crippen LogP contribution in [-0.2, 0) is 7.05 Å². The molecule has 3 N–H and O–H groups in total. The molecule has 0 fully saturated rings. The molecule has 1 aromatic carbocycles. The van der Waals surface area contributed by atoms with Gasteiger partial charge in [0.15, 0.2) is 0 Å². The summed E-state index contributed by atoms with van der Waals surface area (Å²) in [5, 5.41) is 6.62. The van der Waals surface area contributed by atoms with Gasteiger partial charge in [-0.1, -0.05) is 0 Å². The zero-order valence-electron chi connectivity index (χ0n) is 13.7. The number of nitrogens with zero attached hydrogens (tertiary/aromatic N) is 3. The summed E-state index contributed by atoms with van der Waals surface area (Å²) in [5.74, 6) is 0.124. The Labute approximate surface area is 143 Å². The number of aryl methyl sites for hydroxylation is 2. The normalized spacial score (nSPS) is 10.5. The monoisotopic (exact) mass is 341 g/mol. The summed E-state index contributed by atoms with van der Waals surface area (Å²) in [5.41, 5.74) is 6.54. The summed E-state index contributed by atoms with van der Waals surface area (Å²) in [6.07, 6.45) is 1.45. The van der Waals surface area contributed by atoms with Crippen molar-refractivity contribution >= 4 is 17.4 Å². The van der Waals surface area contributed by atoms with Crippen LogP contribution >= 0.6 is 0 Å². The van der Waals surface area contributed by atoms with Gasteiger partial charge in [0.25, 0.3) is 5.91 Å². The van der Waals surface area contributed by atoms with Gasteiger partial charge in [-0.3, -0.25) is 9.48 Å². The van der Waals surface area contributed by atoms with Crippen LogP contribution in [0.15, 0.2) is 42.6 Å². The summed E-state index contributed by atoms with van der Waals surface area (Å²) in [7, 11) is 1.64. The van der Waals surface area contributed by atoms with Gasteiger partial charge in [-0.25, -0.2) is 9.37 Å². The summed E-state index contributed by atoms with van der Waals surface area (Å²) >= 11 is 0. The molecule has 0 saturated heterocycles. The molecule has 0 saturated carbocycles. The molecule has 3 aromatic rings. The molecule has 2 aromatic heterocycles. The lowest BCUT2D eigenvalue weighted by Crippen LogP contribution is -2.16. The maximum Gasteiger partial charge on any atom is 0.274 e. The molecule has 0 aliphatic carbocycles. The third-order valence-corrected chi connectivity index (χ3v) is 3.42. The number of nitrogen functional groups attached to an aromatic ring is 1. The fourth-order valence-corrected chi connectivity index (χ4v) is 2.26. The number of rotatable bonds is 4. The zero-order chi connectivity index (χ0) is 18.0. The van der Waals surface area contributed by atoms with Crippen LogP contribution in [0.25, 0.3) is 0 Å². The van der Waals surface area contributed by atoms with E-state index in [4.69, 9.17) is 10.5 Å². The number of nitrogens with two attached hydrogens (primary N) is 1. The van der Waals surface area contributed by atoms with Crippen LogP contribution in [0.2, 0.25) is 0 Å². The van der Waals surface area contributed by atoms with E-state index in [1.165, 1.54) is 29.1 Å². The first-order valence-electron chi connectivity index (χ1n) is 7.43. The Kier molecular flexibility index (Phi) is 4.34. The average Bonchev–Trinajstić information content (AvgIpc) is 2.91. The van der Waals surface area contributed by atoms with Crippen LogP contribution in [0.4, 0.5) is 15.9 Å². The zero-order valence-corrected chi connectivity index (χ0v) is 13.7. The van der Waals surface area contributed by atoms with Crippen LogP contribution in [0, 0.1) is 12.7 Å². The summed E-state index contributed by atoms with van der Waals surface area (Å²) in [6.45, 7) is 1.77. The fraction of sp³-hybridized carbons (Fsp3) is 0.118. The van der Waals surface area contributed by atoms with Crippen molar-refractivity contribution in [1.82, 2.24) is 14.8 Å². The molecule has 128 valence electrons. The number of benzene rings is 1. The van der Waals surface area contributed by atoms with Gasteiger partial charge in [0.05, 0.1) is 17.6 Å². The minimum Gasteiger partial charge on any atom is -0.456 e. The molecular weight excluding hydrogens is 325 g/mol. The van der Waals surface area contributed by atoms with Gasteiger partial charge in [-0.05, 0) is 37.3 Å². The van der Waals surface area contributed by atoms with Crippen molar-refractivity contribution in [2.45, 2.75) is 6.92 Å². The van der Waals surface area contributed by atoms with Crippen LogP contribution in [0.1, 0.15) is 16.2 Å². The lowest BCUT2D eigenvalue weighted by atomic mass is 10.2. The van der Waals surface area contributed by atoms with Crippen molar-refractivity contribution in [3.05, 3.63) is 59.8 Å². The van der Waals surface area contributed by atoms with Crippen LogP contribution in [-0.4, -0.2) is 20.7 Å². The smallest absolute Gasteiger partial charge is 0.274 e. The van der Waals surface area contributed by atoms with Gasteiger partial charge in [0.2, 0.25) is 0 Å². The number of hydrogen-bond donors (Lipinski definition) is 2. The number of carbonyl (C=O) groups excluding carboxylic acids is 1. The van der Waals surface area contributed by atoms with Crippen molar-refractivity contribution in [2.75, 3.05) is 11.1 Å². The van der Waals surface area contributed by atoms with Crippen LogP contribution < -0.4 is 15.8 Å². The summed E-state index contributed by atoms with van der Waals surface area (Å²) in [4.78, 5) is 16.2. The Morgan fingerprint density at radius 2 is 2.00 bits per heavy atom. The molecular formula is C17H16FN5O2. The molecule has 8 heteroatoms. The Morgan fingerprint density at radius 1 is 1.24 bits per heavy atom. The number of nitrogens with one attached hydrogen (secondary N) is 1. The fourth-order valence-electron chi connectivity index (χ4n) is 2.26. The van der Waals surface area contributed by atoms with Crippen molar-refractivity contribution in [3.8, 4) is 11.5 Å². The van der Waals surface area contributed by atoms with Crippen molar-refractivity contribution in [1.29, 1.82) is 0 Å². The van der Waals surface area contributed by atoms with E-state index in [0.29, 0.717) is 28.7 Å². The van der Waals surface area contributed by atoms with Gasteiger partial charge in [-0.15, -0.1) is 0 Å². The molecule has 1 amide bonds. The lowest BCUT2D eigenvalue weighted by Gasteiger charge is -2.10. The van der Waals surface area contributed by atoms with Crippen LogP contribution in [0.5, 0.6) is 11.5 Å². The highest BCUT2D eigenvalue weighted by Gasteiger charge is 2.15. The summed E-state index contributed by atoms with van der Waals surface area (Å²) < 4.78 is 21.0. The molecule has 0 aliphatic rings. The van der Waals surface area contributed by atoms with Crippen LogP contribution in [0.3, 0.4) is 0 Å². The van der Waals surface area contributed by atoms with Gasteiger partial charge in [-0.2, -0.15) is 5.10 Å². The largest absolute Gasteiger partial charge is 0.456 e. The molecule has 2 heterocycles. The highest BCUT2D eigenvalue weighted by molar-refractivity contribution is 6.03. The Balaban J connectivity index is 1.80. The molecule has 7 nitrogen and oxygen atoms in total. The predicted octanol–water partition coefficient (Wildman–Crippen LogP) is 2.89. The molecule has 0 unspecified atom stereocenters. The average molecular weight is 341 g/mol. The number of ether oxygens (including phenoxy) is 1. The van der Waals surface area contributed by atoms with E-state index in [2.05, 4.69) is 15.4 Å². The van der Waals surface area contributed by atoms with E-state index in [1.807, 2.05) is 0 Å². The molecule has 0 spiro atoms. The molecule has 25 heavy (non-hydrogen) atoms. The third-order valence-electron chi connectivity index (χ3n) is 3.42. The van der Waals surface area contributed by atoms with Crippen molar-refractivity contribution in [2.24, 2.45) is 7.05 Å². The van der Waals surface area contributed by atoms with E-state index in [1.54, 1.807) is 32.2 Å². The number of pyridine rings is 1. The molecule has 0 aliphatic heterocycles. The second kappa shape index (κ2) is 6.60. The quantitative estimate of drug-likeness (QED) is 0.761. The maximum absolute atomic E-state index is 14.0. The second-order valence-electron chi connectivity index (χ2n) is 5.41. The van der Waals surface area contributed by atoms with E-state index in [9.17, 15) is 9.18 Å². The molecule has 0 atom stereocenters. The Bertz CT molecular complexity index is 921. The van der Waals surface area contributed by atoms with Crippen molar-refractivity contribution < 1.29 is 13.9 Å². The molecule has 0 bridgehead atoms. The van der Waals surface area contributed by atoms with E-state index >= 15 is 0 Å². The number of halogens is 1. The second-order valence-corrected chi connectivity index (χ2v) is 5.41. The minimum atomic E-state index is -0.574. The highest BCUT2D eigenvalue weighted by Crippen LogP contribution is 2.26. The van der Waals surface area contributed by atoms with Gasteiger partial charge < -0.3 is 15.8 Å². The standard InChI is InChI=1S/C17H16FN5O2/c1-10-7-15(23(2)22-10)17(24)21-14-8-11(3-5-13(14)18)25-12-4-6-16(19)20-9-12/h3-9H,1-2H3,(H2,19,20)(H,21,24). The predicted molar refractivity (Wildman–Crippen MR) is 91.0 cm³/mol. The van der Waals surface area contributed by atoms with Crippen molar-refractivity contribution in [3.63, 3.8) is 0 Å². The van der Waals surface area contributed by atoms with Gasteiger partial charge >= 0.3 is 0 Å². The summed E-state index contributed by atoms with van der Waals surface area (Å²) in [6, 6.07) is 8.91.